The molecule has 2 aliphatic rings. The van der Waals surface area contributed by atoms with Crippen molar-refractivity contribution < 1.29 is 23.5 Å². The van der Waals surface area contributed by atoms with Crippen molar-refractivity contribution in [1.29, 1.82) is 0 Å². The summed E-state index contributed by atoms with van der Waals surface area (Å²) in [6.45, 7) is 2.50. The molecule has 3 heterocycles. The minimum absolute atomic E-state index is 0.292. The lowest BCUT2D eigenvalue weighted by Gasteiger charge is -2.18. The average molecular weight is 393 g/mol. The molecule has 0 bridgehead atoms. The van der Waals surface area contributed by atoms with Gasteiger partial charge < -0.3 is 24.7 Å². The third-order valence-electron chi connectivity index (χ3n) is 5.64. The van der Waals surface area contributed by atoms with E-state index in [2.05, 4.69) is 35.0 Å². The first-order valence-electron chi connectivity index (χ1n) is 10.1. The molecule has 0 radical (unpaired) electrons. The Morgan fingerprint density at radius 3 is 2.79 bits per heavy atom. The van der Waals surface area contributed by atoms with Crippen LogP contribution in [0.15, 0.2) is 36.5 Å². The molecule has 5 rings (SSSR count). The van der Waals surface area contributed by atoms with Gasteiger partial charge in [0, 0.05) is 12.5 Å². The Hall–Kier alpha value is -2.99. The van der Waals surface area contributed by atoms with Crippen LogP contribution in [0.1, 0.15) is 18.4 Å². The topological polar surface area (TPSA) is 66.8 Å². The number of ether oxygens (including phenoxy) is 4. The van der Waals surface area contributed by atoms with Gasteiger partial charge in [0.05, 0.1) is 24.7 Å². The summed E-state index contributed by atoms with van der Waals surface area (Å²) in [5.41, 5.74) is 9.27. The molecule has 0 atom stereocenters. The van der Waals surface area contributed by atoms with Crippen molar-refractivity contribution in [3.8, 4) is 34.3 Å². The Balaban J connectivity index is 1.59. The van der Waals surface area contributed by atoms with Crippen molar-refractivity contribution >= 4 is 10.8 Å². The third kappa shape index (κ3) is 3.13. The zero-order valence-corrected chi connectivity index (χ0v) is 16.6. The second kappa shape index (κ2) is 7.44. The molecule has 3 aromatic rings. The Kier molecular flexibility index (Phi) is 4.64. The summed E-state index contributed by atoms with van der Waals surface area (Å²) in [6.07, 6.45) is 5.00. The molecule has 1 aromatic heterocycles. The van der Waals surface area contributed by atoms with Crippen LogP contribution in [0.5, 0.6) is 23.0 Å². The fraction of sp³-hybridized carbons (Fsp3) is 0.348. The molecule has 0 fully saturated rings. The van der Waals surface area contributed by atoms with Crippen LogP contribution in [0.2, 0.25) is 0 Å². The van der Waals surface area contributed by atoms with Crippen LogP contribution in [-0.2, 0) is 13.0 Å². The van der Waals surface area contributed by atoms with Gasteiger partial charge in [-0.25, -0.2) is 0 Å². The van der Waals surface area contributed by atoms with Gasteiger partial charge in [-0.15, -0.1) is 0 Å². The molecule has 0 unspecified atom stereocenters. The molecule has 150 valence electrons. The van der Waals surface area contributed by atoms with E-state index < -0.39 is 0 Å². The van der Waals surface area contributed by atoms with Crippen LogP contribution in [-0.4, -0.2) is 27.1 Å². The van der Waals surface area contributed by atoms with Gasteiger partial charge in [0.25, 0.3) is 0 Å². The van der Waals surface area contributed by atoms with Crippen LogP contribution in [0.25, 0.3) is 22.0 Å². The monoisotopic (exact) mass is 393 g/mol. The number of rotatable bonds is 6. The van der Waals surface area contributed by atoms with Crippen LogP contribution >= 0.6 is 0 Å². The molecule has 2 N–H and O–H groups in total. The highest BCUT2D eigenvalue weighted by molar-refractivity contribution is 5.91. The van der Waals surface area contributed by atoms with E-state index in [1.165, 1.54) is 16.8 Å². The molecule has 6 heteroatoms. The number of pyridine rings is 1. The lowest BCUT2D eigenvalue weighted by Crippen LogP contribution is -2.40. The molecule has 6 nitrogen and oxygen atoms in total. The molecule has 29 heavy (non-hydrogen) atoms. The van der Waals surface area contributed by atoms with Crippen LogP contribution in [0, 0.1) is 0 Å². The van der Waals surface area contributed by atoms with Crippen molar-refractivity contribution in [2.75, 3.05) is 27.1 Å². The zero-order valence-electron chi connectivity index (χ0n) is 16.6. The van der Waals surface area contributed by atoms with E-state index in [9.17, 15) is 0 Å². The molecule has 0 spiro atoms. The van der Waals surface area contributed by atoms with Gasteiger partial charge in [-0.1, -0.05) is 0 Å². The predicted molar refractivity (Wildman–Crippen MR) is 110 cm³/mol. The standard InChI is InChI=1S/C23H25N2O4/c1-26-20-5-4-15-10-19-17-12-22-21(28-14-29-22)11-16(17)6-8-25(19)13-18(15)23(20)27-9-3-2-7-24/h4-5,10-13H,2-3,6-9,14,24H2,1H3/q+1. The number of hydrogen-bond donors (Lipinski definition) is 1. The number of nitrogens with two attached hydrogens (primary N) is 1. The number of hydrogen-bond acceptors (Lipinski definition) is 5. The second-order valence-corrected chi connectivity index (χ2v) is 7.41. The van der Waals surface area contributed by atoms with Gasteiger partial charge in [-0.2, -0.15) is 4.57 Å². The second-order valence-electron chi connectivity index (χ2n) is 7.41. The summed E-state index contributed by atoms with van der Waals surface area (Å²) >= 11 is 0. The quantitative estimate of drug-likeness (QED) is 0.515. The summed E-state index contributed by atoms with van der Waals surface area (Å²) in [6, 6.07) is 10.5. The van der Waals surface area contributed by atoms with Crippen molar-refractivity contribution in [2.24, 2.45) is 5.73 Å². The summed E-state index contributed by atoms with van der Waals surface area (Å²) in [5, 5.41) is 2.18. The van der Waals surface area contributed by atoms with Crippen LogP contribution in [0.4, 0.5) is 0 Å². The molecular formula is C23H25N2O4+. The van der Waals surface area contributed by atoms with E-state index in [0.717, 1.165) is 59.6 Å². The average Bonchev–Trinajstić information content (AvgIpc) is 3.21. The van der Waals surface area contributed by atoms with Gasteiger partial charge in [-0.05, 0) is 54.6 Å². The van der Waals surface area contributed by atoms with Gasteiger partial charge in [0.15, 0.2) is 35.7 Å². The lowest BCUT2D eigenvalue weighted by molar-refractivity contribution is -0.686. The fourth-order valence-electron chi connectivity index (χ4n) is 4.13. The minimum Gasteiger partial charge on any atom is -0.493 e. The Morgan fingerprint density at radius 2 is 1.97 bits per heavy atom. The fourth-order valence-corrected chi connectivity index (χ4v) is 4.13. The van der Waals surface area contributed by atoms with Crippen LogP contribution in [0.3, 0.4) is 0 Å². The van der Waals surface area contributed by atoms with Crippen molar-refractivity contribution in [3.05, 3.63) is 42.1 Å². The number of aryl methyl sites for hydroxylation is 2. The first kappa shape index (κ1) is 18.1. The van der Waals surface area contributed by atoms with Gasteiger partial charge in [-0.3, -0.25) is 0 Å². The molecule has 0 saturated carbocycles. The first-order chi connectivity index (χ1) is 14.3. The number of fused-ring (bicyclic) bond motifs is 5. The maximum absolute atomic E-state index is 6.13. The normalized spacial score (nSPS) is 13.9. The molecule has 2 aromatic carbocycles. The molecular weight excluding hydrogens is 368 g/mol. The first-order valence-corrected chi connectivity index (χ1v) is 10.1. The van der Waals surface area contributed by atoms with Crippen molar-refractivity contribution in [2.45, 2.75) is 25.8 Å². The van der Waals surface area contributed by atoms with E-state index >= 15 is 0 Å². The Labute approximate surface area is 169 Å². The lowest BCUT2D eigenvalue weighted by atomic mass is 9.95. The van der Waals surface area contributed by atoms with E-state index in [-0.39, 0.29) is 0 Å². The summed E-state index contributed by atoms with van der Waals surface area (Å²) in [4.78, 5) is 0. The smallest absolute Gasteiger partial charge is 0.231 e. The third-order valence-corrected chi connectivity index (χ3v) is 5.64. The highest BCUT2D eigenvalue weighted by Crippen LogP contribution is 2.41. The summed E-state index contributed by atoms with van der Waals surface area (Å²) in [7, 11) is 1.68. The SMILES string of the molecule is COc1ccc2cc3[n+](cc2c1OCCCCN)CCc1cc2c(cc1-3)OCO2. The molecule has 0 amide bonds. The highest BCUT2D eigenvalue weighted by Gasteiger charge is 2.28. The number of aromatic nitrogens is 1. The van der Waals surface area contributed by atoms with Gasteiger partial charge >= 0.3 is 0 Å². The van der Waals surface area contributed by atoms with Gasteiger partial charge in [0.1, 0.15) is 0 Å². The highest BCUT2D eigenvalue weighted by atomic mass is 16.7. The maximum Gasteiger partial charge on any atom is 0.231 e. The van der Waals surface area contributed by atoms with E-state index in [1.54, 1.807) is 7.11 Å². The minimum atomic E-state index is 0.292. The van der Waals surface area contributed by atoms with E-state index in [0.29, 0.717) is 19.9 Å². The zero-order chi connectivity index (χ0) is 19.8. The Morgan fingerprint density at radius 1 is 1.10 bits per heavy atom. The number of nitrogens with zero attached hydrogens (tertiary/aromatic N) is 1. The predicted octanol–water partition coefficient (Wildman–Crippen LogP) is 3.21. The molecule has 0 saturated heterocycles. The number of methoxy groups -OCH3 is 1. The van der Waals surface area contributed by atoms with E-state index in [1.807, 2.05) is 6.07 Å². The summed E-state index contributed by atoms with van der Waals surface area (Å²) in [5.74, 6) is 3.21. The largest absolute Gasteiger partial charge is 0.493 e. The molecule has 0 aliphatic carbocycles. The maximum atomic E-state index is 6.13. The van der Waals surface area contributed by atoms with Crippen molar-refractivity contribution in [1.82, 2.24) is 0 Å². The number of benzene rings is 2. The molecule has 2 aliphatic heterocycles. The number of unbranched alkanes of at least 4 members (excludes halogenated alkanes) is 1. The Bertz CT molecular complexity index is 1080. The van der Waals surface area contributed by atoms with E-state index in [4.69, 9.17) is 24.7 Å². The van der Waals surface area contributed by atoms with Gasteiger partial charge in [0.2, 0.25) is 12.5 Å². The van der Waals surface area contributed by atoms with Crippen molar-refractivity contribution in [3.63, 3.8) is 0 Å². The van der Waals surface area contributed by atoms with Crippen LogP contribution < -0.4 is 29.2 Å². The summed E-state index contributed by atoms with van der Waals surface area (Å²) < 4.78 is 25.2.